The van der Waals surface area contributed by atoms with E-state index in [9.17, 15) is 4.79 Å². The smallest absolute Gasteiger partial charge is 0.277 e. The third-order valence-electron chi connectivity index (χ3n) is 3.52. The normalized spacial score (nSPS) is 13.4. The molecule has 8 nitrogen and oxygen atoms in total. The molecule has 2 heterocycles. The standard InChI is InChI=1S/C16H18N6O2S/c1-11(13-6-4-3-5-7-13)19-15(23)12(2)25-16-21-20-14(24-16)8-22-10-17-9-18-22/h3-7,9-12H,8H2,1-2H3,(H,19,23). The third kappa shape index (κ3) is 4.66. The van der Waals surface area contributed by atoms with Crippen LogP contribution in [0.1, 0.15) is 31.3 Å². The monoisotopic (exact) mass is 358 g/mol. The number of benzene rings is 1. The number of nitrogens with one attached hydrogen (secondary N) is 1. The first-order valence-electron chi connectivity index (χ1n) is 7.78. The Labute approximate surface area is 149 Å². The summed E-state index contributed by atoms with van der Waals surface area (Å²) in [7, 11) is 0. The van der Waals surface area contributed by atoms with Gasteiger partial charge < -0.3 is 9.73 Å². The lowest BCUT2D eigenvalue weighted by atomic mass is 10.1. The van der Waals surface area contributed by atoms with Crippen molar-refractivity contribution in [2.45, 2.75) is 36.9 Å². The number of aromatic nitrogens is 5. The lowest BCUT2D eigenvalue weighted by Crippen LogP contribution is -2.33. The first kappa shape index (κ1) is 17.2. The topological polar surface area (TPSA) is 98.7 Å². The molecule has 1 N–H and O–H groups in total. The summed E-state index contributed by atoms with van der Waals surface area (Å²) < 4.78 is 7.12. The molecule has 0 radical (unpaired) electrons. The van der Waals surface area contributed by atoms with Crippen LogP contribution in [0.15, 0.2) is 52.6 Å². The number of nitrogens with zero attached hydrogens (tertiary/aromatic N) is 5. The summed E-state index contributed by atoms with van der Waals surface area (Å²) in [5.41, 5.74) is 1.06. The van der Waals surface area contributed by atoms with E-state index in [2.05, 4.69) is 25.6 Å². The van der Waals surface area contributed by atoms with Crippen LogP contribution in [0.3, 0.4) is 0 Å². The minimum Gasteiger partial charge on any atom is -0.414 e. The van der Waals surface area contributed by atoms with Crippen LogP contribution in [0.4, 0.5) is 0 Å². The summed E-state index contributed by atoms with van der Waals surface area (Å²) in [5.74, 6) is 0.329. The van der Waals surface area contributed by atoms with Gasteiger partial charge in [-0.05, 0) is 19.4 Å². The lowest BCUT2D eigenvalue weighted by molar-refractivity contribution is -0.120. The number of amides is 1. The molecule has 0 saturated heterocycles. The second kappa shape index (κ2) is 7.93. The van der Waals surface area contributed by atoms with E-state index >= 15 is 0 Å². The van der Waals surface area contributed by atoms with E-state index in [-0.39, 0.29) is 17.2 Å². The molecule has 1 aromatic carbocycles. The zero-order valence-corrected chi connectivity index (χ0v) is 14.7. The van der Waals surface area contributed by atoms with E-state index in [1.165, 1.54) is 18.1 Å². The van der Waals surface area contributed by atoms with Gasteiger partial charge in [0.15, 0.2) is 0 Å². The van der Waals surface area contributed by atoms with Gasteiger partial charge in [0.1, 0.15) is 19.2 Å². The predicted octanol–water partition coefficient (Wildman–Crippen LogP) is 2.07. The molecule has 0 aliphatic rings. The van der Waals surface area contributed by atoms with Gasteiger partial charge in [0.05, 0.1) is 11.3 Å². The van der Waals surface area contributed by atoms with Crippen molar-refractivity contribution in [3.63, 3.8) is 0 Å². The molecule has 9 heteroatoms. The van der Waals surface area contributed by atoms with Crippen LogP contribution in [0.5, 0.6) is 0 Å². The number of carbonyl (C=O) groups excluding carboxylic acids is 1. The number of thioether (sulfide) groups is 1. The highest BCUT2D eigenvalue weighted by molar-refractivity contribution is 8.00. The molecule has 0 fully saturated rings. The molecule has 25 heavy (non-hydrogen) atoms. The van der Waals surface area contributed by atoms with Crippen LogP contribution in [-0.4, -0.2) is 36.1 Å². The Bertz CT molecular complexity index is 805. The molecule has 0 aliphatic heterocycles. The minimum atomic E-state index is -0.356. The van der Waals surface area contributed by atoms with Crippen molar-refractivity contribution in [2.75, 3.05) is 0 Å². The predicted molar refractivity (Wildman–Crippen MR) is 91.7 cm³/mol. The Balaban J connectivity index is 1.54. The molecule has 0 bridgehead atoms. The van der Waals surface area contributed by atoms with E-state index in [1.807, 2.05) is 37.3 Å². The van der Waals surface area contributed by atoms with Gasteiger partial charge in [-0.2, -0.15) is 5.10 Å². The van der Waals surface area contributed by atoms with Crippen molar-refractivity contribution in [1.29, 1.82) is 0 Å². The van der Waals surface area contributed by atoms with E-state index in [1.54, 1.807) is 17.9 Å². The molecule has 0 spiro atoms. The Morgan fingerprint density at radius 2 is 2.08 bits per heavy atom. The Kier molecular flexibility index (Phi) is 5.44. The molecule has 2 atom stereocenters. The summed E-state index contributed by atoms with van der Waals surface area (Å²) >= 11 is 1.22. The maximum atomic E-state index is 12.4. The van der Waals surface area contributed by atoms with Crippen molar-refractivity contribution >= 4 is 17.7 Å². The molecule has 1 amide bonds. The summed E-state index contributed by atoms with van der Waals surface area (Å²) in [6.07, 6.45) is 3.00. The van der Waals surface area contributed by atoms with Crippen LogP contribution >= 0.6 is 11.8 Å². The van der Waals surface area contributed by atoms with E-state index in [4.69, 9.17) is 4.42 Å². The Hall–Kier alpha value is -2.68. The summed E-state index contributed by atoms with van der Waals surface area (Å²) in [5, 5.41) is 14.9. The molecule has 2 aromatic heterocycles. The highest BCUT2D eigenvalue weighted by Crippen LogP contribution is 2.23. The number of rotatable bonds is 7. The van der Waals surface area contributed by atoms with E-state index in [0.717, 1.165) is 5.56 Å². The maximum absolute atomic E-state index is 12.4. The first-order valence-corrected chi connectivity index (χ1v) is 8.66. The van der Waals surface area contributed by atoms with Gasteiger partial charge in [0, 0.05) is 0 Å². The van der Waals surface area contributed by atoms with Gasteiger partial charge in [0.25, 0.3) is 5.22 Å². The van der Waals surface area contributed by atoms with E-state index < -0.39 is 0 Å². The highest BCUT2D eigenvalue weighted by atomic mass is 32.2. The van der Waals surface area contributed by atoms with Crippen LogP contribution in [0, 0.1) is 0 Å². The van der Waals surface area contributed by atoms with Crippen molar-refractivity contribution in [1.82, 2.24) is 30.3 Å². The summed E-state index contributed by atoms with van der Waals surface area (Å²) in [4.78, 5) is 16.2. The fraction of sp³-hybridized carbons (Fsp3) is 0.312. The second-order valence-electron chi connectivity index (χ2n) is 5.46. The van der Waals surface area contributed by atoms with Gasteiger partial charge in [-0.15, -0.1) is 10.2 Å². The molecule has 0 saturated carbocycles. The Morgan fingerprint density at radius 1 is 1.28 bits per heavy atom. The van der Waals surface area contributed by atoms with Gasteiger partial charge in [-0.25, -0.2) is 9.67 Å². The van der Waals surface area contributed by atoms with Crippen molar-refractivity contribution < 1.29 is 9.21 Å². The molecular weight excluding hydrogens is 340 g/mol. The fourth-order valence-corrected chi connectivity index (χ4v) is 2.87. The van der Waals surface area contributed by atoms with Crippen LogP contribution in [0.2, 0.25) is 0 Å². The van der Waals surface area contributed by atoms with Crippen molar-refractivity contribution in [3.05, 3.63) is 54.4 Å². The Morgan fingerprint density at radius 3 is 2.80 bits per heavy atom. The number of hydrogen-bond donors (Lipinski definition) is 1. The largest absolute Gasteiger partial charge is 0.414 e. The van der Waals surface area contributed by atoms with Crippen molar-refractivity contribution in [2.24, 2.45) is 0 Å². The zero-order chi connectivity index (χ0) is 17.6. The summed E-state index contributed by atoms with van der Waals surface area (Å²) in [6.45, 7) is 4.10. The van der Waals surface area contributed by atoms with Crippen LogP contribution in [0.25, 0.3) is 0 Å². The maximum Gasteiger partial charge on any atom is 0.277 e. The van der Waals surface area contributed by atoms with Crippen LogP contribution < -0.4 is 5.32 Å². The molecule has 3 aromatic rings. The fourth-order valence-electron chi connectivity index (χ4n) is 2.16. The van der Waals surface area contributed by atoms with Crippen molar-refractivity contribution in [3.8, 4) is 0 Å². The molecule has 3 rings (SSSR count). The first-order chi connectivity index (χ1) is 12.1. The quantitative estimate of drug-likeness (QED) is 0.645. The van der Waals surface area contributed by atoms with E-state index in [0.29, 0.717) is 17.7 Å². The van der Waals surface area contributed by atoms with Gasteiger partial charge in [-0.3, -0.25) is 4.79 Å². The SMILES string of the molecule is CC(Sc1nnc(Cn2cncn2)o1)C(=O)NC(C)c1ccccc1. The third-order valence-corrected chi connectivity index (χ3v) is 4.45. The minimum absolute atomic E-state index is 0.0673. The van der Waals surface area contributed by atoms with Crippen LogP contribution in [-0.2, 0) is 11.3 Å². The average Bonchev–Trinajstić information content (AvgIpc) is 3.28. The molecular formula is C16H18N6O2S. The van der Waals surface area contributed by atoms with Gasteiger partial charge in [0.2, 0.25) is 11.8 Å². The average molecular weight is 358 g/mol. The van der Waals surface area contributed by atoms with Gasteiger partial charge in [-0.1, -0.05) is 42.1 Å². The van der Waals surface area contributed by atoms with Gasteiger partial charge >= 0.3 is 0 Å². The molecule has 130 valence electrons. The molecule has 2 unspecified atom stereocenters. The number of hydrogen-bond acceptors (Lipinski definition) is 7. The zero-order valence-electron chi connectivity index (χ0n) is 13.9. The molecule has 0 aliphatic carbocycles. The summed E-state index contributed by atoms with van der Waals surface area (Å²) in [6, 6.07) is 9.75. The highest BCUT2D eigenvalue weighted by Gasteiger charge is 2.20. The lowest BCUT2D eigenvalue weighted by Gasteiger charge is -2.16. The number of carbonyl (C=O) groups is 1. The second-order valence-corrected chi connectivity index (χ2v) is 6.75.